The first-order valence-corrected chi connectivity index (χ1v) is 8.12. The van der Waals surface area contributed by atoms with E-state index in [0.29, 0.717) is 10.7 Å². The number of ether oxygens (including phenoxy) is 1. The van der Waals surface area contributed by atoms with Gasteiger partial charge in [0.15, 0.2) is 6.61 Å². The Bertz CT molecular complexity index is 876. The average molecular weight is 397 g/mol. The second-order valence-electron chi connectivity index (χ2n) is 5.48. The minimum absolute atomic E-state index is 0.0744. The molecule has 0 aromatic heterocycles. The fourth-order valence-electron chi connectivity index (χ4n) is 2.24. The third-order valence-corrected chi connectivity index (χ3v) is 4.02. The summed E-state index contributed by atoms with van der Waals surface area (Å²) in [6.07, 6.45) is 0. The molecule has 1 N–H and O–H groups in total. The molecule has 0 atom stereocenters. The molecule has 0 bridgehead atoms. The van der Waals surface area contributed by atoms with Crippen molar-refractivity contribution in [1.82, 2.24) is 0 Å². The minimum atomic E-state index is -0.869. The fourth-order valence-corrected chi connectivity index (χ4v) is 2.86. The molecule has 9 heteroatoms. The van der Waals surface area contributed by atoms with E-state index in [-0.39, 0.29) is 16.3 Å². The zero-order valence-electron chi connectivity index (χ0n) is 13.8. The molecule has 2 aromatic carbocycles. The Morgan fingerprint density at radius 2 is 1.85 bits per heavy atom. The lowest BCUT2D eigenvalue weighted by molar-refractivity contribution is -0.384. The first kappa shape index (κ1) is 19.7. The SMILES string of the molecule is Cc1cc(C)c(NC(=O)COC(=O)c2ccc([N+](=O)[O-])cc2Cl)c(Cl)c1. The third kappa shape index (κ3) is 4.71. The van der Waals surface area contributed by atoms with Crippen LogP contribution in [0.25, 0.3) is 0 Å². The summed E-state index contributed by atoms with van der Waals surface area (Å²) in [5.74, 6) is -1.45. The van der Waals surface area contributed by atoms with Crippen LogP contribution in [0, 0.1) is 24.0 Å². The van der Waals surface area contributed by atoms with Gasteiger partial charge in [-0.1, -0.05) is 29.3 Å². The molecule has 0 radical (unpaired) electrons. The molecule has 0 spiro atoms. The van der Waals surface area contributed by atoms with E-state index in [9.17, 15) is 19.7 Å². The van der Waals surface area contributed by atoms with E-state index in [2.05, 4.69) is 5.32 Å². The van der Waals surface area contributed by atoms with Crippen LogP contribution in [0.2, 0.25) is 10.0 Å². The van der Waals surface area contributed by atoms with Crippen LogP contribution in [0.1, 0.15) is 21.5 Å². The Morgan fingerprint density at radius 1 is 1.15 bits per heavy atom. The van der Waals surface area contributed by atoms with E-state index in [1.165, 1.54) is 6.07 Å². The zero-order valence-corrected chi connectivity index (χ0v) is 15.4. The second kappa shape index (κ2) is 8.16. The van der Waals surface area contributed by atoms with Gasteiger partial charge in [-0.25, -0.2) is 4.79 Å². The number of nitro benzene ring substituents is 1. The molecule has 26 heavy (non-hydrogen) atoms. The number of rotatable bonds is 5. The molecule has 2 rings (SSSR count). The van der Waals surface area contributed by atoms with Crippen molar-refractivity contribution < 1.29 is 19.2 Å². The molecule has 7 nitrogen and oxygen atoms in total. The van der Waals surface area contributed by atoms with Gasteiger partial charge in [-0.2, -0.15) is 0 Å². The van der Waals surface area contributed by atoms with Gasteiger partial charge >= 0.3 is 5.97 Å². The maximum absolute atomic E-state index is 12.0. The largest absolute Gasteiger partial charge is 0.452 e. The second-order valence-corrected chi connectivity index (χ2v) is 6.30. The van der Waals surface area contributed by atoms with Gasteiger partial charge in [0.2, 0.25) is 0 Å². The van der Waals surface area contributed by atoms with Crippen molar-refractivity contribution in [3.63, 3.8) is 0 Å². The van der Waals surface area contributed by atoms with Crippen LogP contribution in [-0.2, 0) is 9.53 Å². The highest BCUT2D eigenvalue weighted by Crippen LogP contribution is 2.27. The number of halogens is 2. The quantitative estimate of drug-likeness (QED) is 0.461. The number of esters is 1. The molecule has 0 aliphatic heterocycles. The van der Waals surface area contributed by atoms with E-state index in [1.807, 2.05) is 13.0 Å². The Hall–Kier alpha value is -2.64. The summed E-state index contributed by atoms with van der Waals surface area (Å²) in [5.41, 5.74) is 1.83. The van der Waals surface area contributed by atoms with Crippen LogP contribution in [0.4, 0.5) is 11.4 Å². The van der Waals surface area contributed by atoms with Crippen LogP contribution in [-0.4, -0.2) is 23.4 Å². The Morgan fingerprint density at radius 3 is 2.42 bits per heavy atom. The summed E-state index contributed by atoms with van der Waals surface area (Å²) in [5, 5.41) is 13.5. The first-order valence-electron chi connectivity index (χ1n) is 7.36. The number of nitro groups is 1. The number of aryl methyl sites for hydroxylation is 2. The van der Waals surface area contributed by atoms with Crippen molar-refractivity contribution in [2.75, 3.05) is 11.9 Å². The number of non-ortho nitro benzene ring substituents is 1. The molecular formula is C17H14Cl2N2O5. The van der Waals surface area contributed by atoms with Crippen LogP contribution in [0.5, 0.6) is 0 Å². The lowest BCUT2D eigenvalue weighted by Gasteiger charge is -2.12. The third-order valence-electron chi connectivity index (χ3n) is 3.41. The van der Waals surface area contributed by atoms with Crippen LogP contribution < -0.4 is 5.32 Å². The Balaban J connectivity index is 2.01. The zero-order chi connectivity index (χ0) is 19.4. The standard InChI is InChI=1S/C17H14Cl2N2O5/c1-9-5-10(2)16(14(19)6-9)20-15(22)8-26-17(23)12-4-3-11(21(24)25)7-13(12)18/h3-7H,8H2,1-2H3,(H,20,22). The molecule has 136 valence electrons. The molecule has 0 fully saturated rings. The number of hydrogen-bond donors (Lipinski definition) is 1. The lowest BCUT2D eigenvalue weighted by atomic mass is 10.1. The number of benzene rings is 2. The van der Waals surface area contributed by atoms with Crippen molar-refractivity contribution in [3.05, 3.63) is 67.2 Å². The summed E-state index contributed by atoms with van der Waals surface area (Å²) in [7, 11) is 0. The lowest BCUT2D eigenvalue weighted by Crippen LogP contribution is -2.21. The molecule has 0 aliphatic rings. The van der Waals surface area contributed by atoms with Crippen molar-refractivity contribution in [3.8, 4) is 0 Å². The molecule has 1 amide bonds. The summed E-state index contributed by atoms with van der Waals surface area (Å²) in [6.45, 7) is 3.10. The first-order chi connectivity index (χ1) is 12.2. The Kier molecular flexibility index (Phi) is 6.18. The topological polar surface area (TPSA) is 98.5 Å². The van der Waals surface area contributed by atoms with Crippen molar-refractivity contribution in [2.24, 2.45) is 0 Å². The summed E-state index contributed by atoms with van der Waals surface area (Å²) in [4.78, 5) is 34.0. The van der Waals surface area contributed by atoms with Crippen LogP contribution in [0.15, 0.2) is 30.3 Å². The van der Waals surface area contributed by atoms with Crippen LogP contribution in [0.3, 0.4) is 0 Å². The summed E-state index contributed by atoms with van der Waals surface area (Å²) < 4.78 is 4.90. The molecule has 0 unspecified atom stereocenters. The molecule has 0 aliphatic carbocycles. The summed E-state index contributed by atoms with van der Waals surface area (Å²) >= 11 is 12.0. The number of amides is 1. The number of anilines is 1. The van der Waals surface area contributed by atoms with Gasteiger partial charge in [-0.05, 0) is 37.1 Å². The van der Waals surface area contributed by atoms with E-state index < -0.39 is 23.4 Å². The van der Waals surface area contributed by atoms with Gasteiger partial charge in [-0.3, -0.25) is 14.9 Å². The maximum Gasteiger partial charge on any atom is 0.340 e. The van der Waals surface area contributed by atoms with Gasteiger partial charge in [0.1, 0.15) is 0 Å². The monoisotopic (exact) mass is 396 g/mol. The van der Waals surface area contributed by atoms with Crippen molar-refractivity contribution >= 4 is 46.5 Å². The maximum atomic E-state index is 12.0. The predicted molar refractivity (Wildman–Crippen MR) is 97.9 cm³/mol. The van der Waals surface area contributed by atoms with Gasteiger partial charge < -0.3 is 10.1 Å². The fraction of sp³-hybridized carbons (Fsp3) is 0.176. The Labute approximate surface area is 159 Å². The molecule has 0 heterocycles. The highest BCUT2D eigenvalue weighted by atomic mass is 35.5. The number of nitrogens with one attached hydrogen (secondary N) is 1. The smallest absolute Gasteiger partial charge is 0.340 e. The van der Waals surface area contributed by atoms with Crippen molar-refractivity contribution in [1.29, 1.82) is 0 Å². The highest BCUT2D eigenvalue weighted by Gasteiger charge is 2.18. The van der Waals surface area contributed by atoms with Gasteiger partial charge in [0.25, 0.3) is 11.6 Å². The summed E-state index contributed by atoms with van der Waals surface area (Å²) in [6, 6.07) is 6.88. The molecule has 0 saturated heterocycles. The minimum Gasteiger partial charge on any atom is -0.452 e. The number of carbonyl (C=O) groups is 2. The van der Waals surface area contributed by atoms with Gasteiger partial charge in [-0.15, -0.1) is 0 Å². The molecule has 0 saturated carbocycles. The van der Waals surface area contributed by atoms with Gasteiger partial charge in [0, 0.05) is 12.1 Å². The number of carbonyl (C=O) groups excluding carboxylic acids is 2. The molecule has 2 aromatic rings. The van der Waals surface area contributed by atoms with E-state index in [0.717, 1.165) is 23.3 Å². The van der Waals surface area contributed by atoms with Crippen LogP contribution >= 0.6 is 23.2 Å². The average Bonchev–Trinajstić information content (AvgIpc) is 2.55. The number of hydrogen-bond acceptors (Lipinski definition) is 5. The predicted octanol–water partition coefficient (Wildman–Crippen LogP) is 4.31. The van der Waals surface area contributed by atoms with E-state index >= 15 is 0 Å². The van der Waals surface area contributed by atoms with E-state index in [1.54, 1.807) is 13.0 Å². The molecular weight excluding hydrogens is 383 g/mol. The van der Waals surface area contributed by atoms with E-state index in [4.69, 9.17) is 27.9 Å². The highest BCUT2D eigenvalue weighted by molar-refractivity contribution is 6.34. The number of nitrogens with zero attached hydrogens (tertiary/aromatic N) is 1. The van der Waals surface area contributed by atoms with Gasteiger partial charge in [0.05, 0.1) is 26.2 Å². The van der Waals surface area contributed by atoms with Crippen molar-refractivity contribution in [2.45, 2.75) is 13.8 Å². The normalized spacial score (nSPS) is 10.3.